The molecule has 0 aromatic carbocycles. The van der Waals surface area contributed by atoms with Crippen LogP contribution in [-0.4, -0.2) is 18.1 Å². The zero-order valence-electron chi connectivity index (χ0n) is 6.88. The predicted octanol–water partition coefficient (Wildman–Crippen LogP) is 1.54. The summed E-state index contributed by atoms with van der Waals surface area (Å²) in [5, 5.41) is 0. The number of carbonyl (C=O) groups is 1. The first kappa shape index (κ1) is 10.4. The molecule has 0 atom stereocenters. The lowest BCUT2D eigenvalue weighted by atomic mass is 10.2. The summed E-state index contributed by atoms with van der Waals surface area (Å²) in [7, 11) is 1.26. The number of aromatic nitrogens is 1. The van der Waals surface area contributed by atoms with Gasteiger partial charge in [0.1, 0.15) is 0 Å². The van der Waals surface area contributed by atoms with Gasteiger partial charge in [0.25, 0.3) is 0 Å². The summed E-state index contributed by atoms with van der Waals surface area (Å²) in [5.74, 6) is -0.943. The molecular weight excluding hydrogens is 288 g/mol. The van der Waals surface area contributed by atoms with Crippen LogP contribution in [0.4, 0.5) is 4.39 Å². The molecule has 0 radical (unpaired) electrons. The molecule has 0 spiro atoms. The van der Waals surface area contributed by atoms with E-state index in [0.717, 1.165) is 0 Å². The number of halogens is 2. The van der Waals surface area contributed by atoms with Gasteiger partial charge in [0.2, 0.25) is 0 Å². The minimum atomic E-state index is -0.492. The highest BCUT2D eigenvalue weighted by molar-refractivity contribution is 14.1. The molecule has 1 aromatic rings. The highest BCUT2D eigenvalue weighted by atomic mass is 127. The summed E-state index contributed by atoms with van der Waals surface area (Å²) in [6.07, 6.45) is 1.34. The number of hydrogen-bond donors (Lipinski definition) is 0. The number of rotatable bonds is 2. The van der Waals surface area contributed by atoms with Gasteiger partial charge in [-0.3, -0.25) is 9.78 Å². The van der Waals surface area contributed by atoms with E-state index < -0.39 is 11.8 Å². The Kier molecular flexibility index (Phi) is 3.58. The van der Waals surface area contributed by atoms with Crippen LogP contribution in [0, 0.1) is 9.39 Å². The Bertz CT molecular complexity index is 330. The van der Waals surface area contributed by atoms with Crippen molar-refractivity contribution in [3.8, 4) is 0 Å². The normalized spacial score (nSPS) is 9.77. The standard InChI is InChI=1S/C8H7FINO2/c1-13-7(12)4-6-8(9)5(10)2-3-11-6/h2-3H,4H2,1H3. The number of pyridine rings is 1. The van der Waals surface area contributed by atoms with Gasteiger partial charge in [-0.2, -0.15) is 0 Å². The quantitative estimate of drug-likeness (QED) is 0.614. The van der Waals surface area contributed by atoms with Gasteiger partial charge < -0.3 is 4.74 Å². The first-order valence-corrected chi connectivity index (χ1v) is 4.58. The Morgan fingerprint density at radius 2 is 2.46 bits per heavy atom. The van der Waals surface area contributed by atoms with Gasteiger partial charge in [-0.25, -0.2) is 4.39 Å². The van der Waals surface area contributed by atoms with Crippen LogP contribution in [0.2, 0.25) is 0 Å². The SMILES string of the molecule is COC(=O)Cc1nccc(I)c1F. The van der Waals surface area contributed by atoms with E-state index in [1.807, 2.05) is 22.6 Å². The van der Waals surface area contributed by atoms with Crippen molar-refractivity contribution in [1.29, 1.82) is 0 Å². The number of esters is 1. The Labute approximate surface area is 88.4 Å². The van der Waals surface area contributed by atoms with Gasteiger partial charge >= 0.3 is 5.97 Å². The molecule has 0 fully saturated rings. The Hall–Kier alpha value is -0.720. The molecule has 1 heterocycles. The molecule has 3 nitrogen and oxygen atoms in total. The molecule has 0 saturated heterocycles. The van der Waals surface area contributed by atoms with Crippen LogP contribution in [0.3, 0.4) is 0 Å². The largest absolute Gasteiger partial charge is 0.469 e. The molecule has 70 valence electrons. The molecule has 0 unspecified atom stereocenters. The molecule has 0 saturated carbocycles. The van der Waals surface area contributed by atoms with E-state index in [1.165, 1.54) is 19.4 Å². The van der Waals surface area contributed by atoms with Crippen molar-refractivity contribution in [2.75, 3.05) is 7.11 Å². The van der Waals surface area contributed by atoms with Crippen LogP contribution in [0.15, 0.2) is 12.3 Å². The predicted molar refractivity (Wildman–Crippen MR) is 52.6 cm³/mol. The van der Waals surface area contributed by atoms with E-state index in [0.29, 0.717) is 3.57 Å². The second-order valence-corrected chi connectivity index (χ2v) is 3.47. The molecule has 5 heteroatoms. The fourth-order valence-electron chi connectivity index (χ4n) is 0.792. The lowest BCUT2D eigenvalue weighted by molar-refractivity contribution is -0.139. The van der Waals surface area contributed by atoms with Crippen LogP contribution in [0.1, 0.15) is 5.69 Å². The molecule has 1 rings (SSSR count). The first-order chi connectivity index (χ1) is 6.15. The number of nitrogens with zero attached hydrogens (tertiary/aromatic N) is 1. The highest BCUT2D eigenvalue weighted by Gasteiger charge is 2.11. The second-order valence-electron chi connectivity index (χ2n) is 2.31. The van der Waals surface area contributed by atoms with Crippen molar-refractivity contribution in [1.82, 2.24) is 4.98 Å². The van der Waals surface area contributed by atoms with Crippen molar-refractivity contribution in [3.63, 3.8) is 0 Å². The molecular formula is C8H7FINO2. The van der Waals surface area contributed by atoms with E-state index in [9.17, 15) is 9.18 Å². The van der Waals surface area contributed by atoms with Crippen molar-refractivity contribution in [2.24, 2.45) is 0 Å². The van der Waals surface area contributed by atoms with E-state index in [2.05, 4.69) is 9.72 Å². The summed E-state index contributed by atoms with van der Waals surface area (Å²) in [5.41, 5.74) is 0.124. The van der Waals surface area contributed by atoms with Crippen LogP contribution in [0.5, 0.6) is 0 Å². The van der Waals surface area contributed by atoms with Gasteiger partial charge in [0.05, 0.1) is 22.8 Å². The summed E-state index contributed by atoms with van der Waals surface area (Å²) in [4.78, 5) is 14.6. The molecule has 0 aliphatic rings. The Morgan fingerprint density at radius 3 is 3.08 bits per heavy atom. The van der Waals surface area contributed by atoms with Gasteiger partial charge in [-0.15, -0.1) is 0 Å². The van der Waals surface area contributed by atoms with Gasteiger partial charge in [0, 0.05) is 6.20 Å². The van der Waals surface area contributed by atoms with Crippen LogP contribution in [-0.2, 0) is 16.0 Å². The first-order valence-electron chi connectivity index (χ1n) is 3.51. The summed E-state index contributed by atoms with van der Waals surface area (Å²) < 4.78 is 18.1. The topological polar surface area (TPSA) is 39.2 Å². The molecule has 0 N–H and O–H groups in total. The average Bonchev–Trinajstić information content (AvgIpc) is 2.13. The van der Waals surface area contributed by atoms with E-state index in [4.69, 9.17) is 0 Å². The lowest BCUT2D eigenvalue weighted by Crippen LogP contribution is -2.08. The van der Waals surface area contributed by atoms with Crippen molar-refractivity contribution in [3.05, 3.63) is 27.3 Å². The third-order valence-corrected chi connectivity index (χ3v) is 2.29. The van der Waals surface area contributed by atoms with E-state index in [1.54, 1.807) is 0 Å². The van der Waals surface area contributed by atoms with Gasteiger partial charge in [-0.05, 0) is 28.7 Å². The minimum absolute atomic E-state index is 0.124. The fourth-order valence-corrected chi connectivity index (χ4v) is 1.26. The highest BCUT2D eigenvalue weighted by Crippen LogP contribution is 2.13. The maximum Gasteiger partial charge on any atom is 0.311 e. The lowest BCUT2D eigenvalue weighted by Gasteiger charge is -2.01. The number of carbonyl (C=O) groups excluding carboxylic acids is 1. The molecule has 0 bridgehead atoms. The molecule has 13 heavy (non-hydrogen) atoms. The number of ether oxygens (including phenoxy) is 1. The second kappa shape index (κ2) is 4.50. The third-order valence-electron chi connectivity index (χ3n) is 1.45. The molecule has 1 aromatic heterocycles. The van der Waals surface area contributed by atoms with Crippen LogP contribution >= 0.6 is 22.6 Å². The van der Waals surface area contributed by atoms with Gasteiger partial charge in [0.15, 0.2) is 5.82 Å². The van der Waals surface area contributed by atoms with Gasteiger partial charge in [-0.1, -0.05) is 0 Å². The van der Waals surface area contributed by atoms with E-state index >= 15 is 0 Å². The van der Waals surface area contributed by atoms with Crippen molar-refractivity contribution < 1.29 is 13.9 Å². The third kappa shape index (κ3) is 2.61. The van der Waals surface area contributed by atoms with Crippen molar-refractivity contribution in [2.45, 2.75) is 6.42 Å². The number of hydrogen-bond acceptors (Lipinski definition) is 3. The molecule has 0 aliphatic heterocycles. The van der Waals surface area contributed by atoms with Crippen molar-refractivity contribution >= 4 is 28.6 Å². The maximum atomic E-state index is 13.2. The Balaban J connectivity index is 2.89. The Morgan fingerprint density at radius 1 is 1.77 bits per heavy atom. The average molecular weight is 295 g/mol. The molecule has 0 amide bonds. The van der Waals surface area contributed by atoms with E-state index in [-0.39, 0.29) is 12.1 Å². The smallest absolute Gasteiger partial charge is 0.311 e. The summed E-state index contributed by atoms with van der Waals surface area (Å²) in [6, 6.07) is 1.54. The number of methoxy groups -OCH3 is 1. The van der Waals surface area contributed by atoms with Crippen LogP contribution < -0.4 is 0 Å². The summed E-state index contributed by atoms with van der Waals surface area (Å²) >= 11 is 1.84. The van der Waals surface area contributed by atoms with Crippen LogP contribution in [0.25, 0.3) is 0 Å². The maximum absolute atomic E-state index is 13.2. The zero-order chi connectivity index (χ0) is 9.84. The summed E-state index contributed by atoms with van der Waals surface area (Å²) in [6.45, 7) is 0. The molecule has 0 aliphatic carbocycles. The zero-order valence-corrected chi connectivity index (χ0v) is 9.04. The fraction of sp³-hybridized carbons (Fsp3) is 0.250. The minimum Gasteiger partial charge on any atom is -0.469 e. The monoisotopic (exact) mass is 295 g/mol.